The molecule has 172 valence electrons. The lowest BCUT2D eigenvalue weighted by atomic mass is 10.1. The van der Waals surface area contributed by atoms with E-state index >= 15 is 0 Å². The van der Waals surface area contributed by atoms with E-state index in [1.165, 1.54) is 12.1 Å². The van der Waals surface area contributed by atoms with Gasteiger partial charge >= 0.3 is 0 Å². The van der Waals surface area contributed by atoms with Gasteiger partial charge in [0.15, 0.2) is 0 Å². The molecule has 1 aromatic heterocycles. The van der Waals surface area contributed by atoms with Gasteiger partial charge in [-0.05, 0) is 55.5 Å². The van der Waals surface area contributed by atoms with Crippen LogP contribution in [0.1, 0.15) is 18.3 Å². The molecule has 0 unspecified atom stereocenters. The largest absolute Gasteiger partial charge is 0.378 e. The highest BCUT2D eigenvalue weighted by atomic mass is 19.1. The van der Waals surface area contributed by atoms with Gasteiger partial charge in [-0.3, -0.25) is 9.69 Å². The van der Waals surface area contributed by atoms with Gasteiger partial charge in [-0.1, -0.05) is 0 Å². The average molecular weight is 450 g/mol. The summed E-state index contributed by atoms with van der Waals surface area (Å²) < 4.78 is 20.7. The number of nitrogens with zero attached hydrogens (tertiary/aromatic N) is 4. The molecule has 0 bridgehead atoms. The van der Waals surface area contributed by atoms with Crippen LogP contribution in [0.25, 0.3) is 5.69 Å². The van der Waals surface area contributed by atoms with Crippen LogP contribution in [0.4, 0.5) is 15.8 Å². The molecule has 1 saturated heterocycles. The topological polar surface area (TPSA) is 62.6 Å². The van der Waals surface area contributed by atoms with Crippen molar-refractivity contribution in [3.8, 4) is 5.69 Å². The first-order chi connectivity index (χ1) is 16.1. The van der Waals surface area contributed by atoms with Crippen LogP contribution in [0, 0.1) is 5.82 Å². The third-order valence-corrected chi connectivity index (χ3v) is 6.48. The van der Waals surface area contributed by atoms with Gasteiger partial charge in [-0.15, -0.1) is 0 Å². The zero-order chi connectivity index (χ0) is 22.8. The number of ether oxygens (including phenoxy) is 1. The number of hydrogen-bond donors (Lipinski definition) is 1. The number of morpholine rings is 1. The van der Waals surface area contributed by atoms with E-state index in [1.54, 1.807) is 18.5 Å². The van der Waals surface area contributed by atoms with Gasteiger partial charge in [0.05, 0.1) is 31.3 Å². The molecule has 8 heteroatoms. The van der Waals surface area contributed by atoms with Gasteiger partial charge in [-0.25, -0.2) is 9.37 Å². The summed E-state index contributed by atoms with van der Waals surface area (Å²) in [7, 11) is 0. The molecule has 0 saturated carbocycles. The van der Waals surface area contributed by atoms with E-state index in [2.05, 4.69) is 20.1 Å². The number of aromatic nitrogens is 2. The molecule has 2 aliphatic heterocycles. The van der Waals surface area contributed by atoms with Gasteiger partial charge in [0.2, 0.25) is 5.91 Å². The summed E-state index contributed by atoms with van der Waals surface area (Å²) >= 11 is 0. The molecule has 2 aromatic carbocycles. The molecule has 1 amide bonds. The highest BCUT2D eigenvalue weighted by molar-refractivity contribution is 5.94. The van der Waals surface area contributed by atoms with E-state index in [0.717, 1.165) is 67.7 Å². The number of carbonyl (C=O) groups excluding carboxylic acids is 1. The Kier molecular flexibility index (Phi) is 6.11. The lowest BCUT2D eigenvalue weighted by molar-refractivity contribution is -0.121. The molecule has 1 fully saturated rings. The second kappa shape index (κ2) is 9.33. The van der Waals surface area contributed by atoms with Crippen LogP contribution < -0.4 is 10.2 Å². The maximum absolute atomic E-state index is 13.3. The number of carbonyl (C=O) groups is 1. The van der Waals surface area contributed by atoms with E-state index in [4.69, 9.17) is 4.74 Å². The Morgan fingerprint density at radius 2 is 1.73 bits per heavy atom. The number of anilines is 2. The molecular formula is C25H28FN5O2. The fourth-order valence-electron chi connectivity index (χ4n) is 4.47. The van der Waals surface area contributed by atoms with E-state index in [9.17, 15) is 9.18 Å². The molecule has 33 heavy (non-hydrogen) atoms. The molecule has 0 radical (unpaired) electrons. The summed E-state index contributed by atoms with van der Waals surface area (Å²) in [6.07, 6.45) is 2.56. The van der Waals surface area contributed by atoms with Gasteiger partial charge < -0.3 is 19.5 Å². The Hall–Kier alpha value is -3.23. The first-order valence-corrected chi connectivity index (χ1v) is 11.4. The molecule has 2 aliphatic rings. The number of halogens is 1. The lowest BCUT2D eigenvalue weighted by Crippen LogP contribution is -2.44. The van der Waals surface area contributed by atoms with Crippen LogP contribution in [0.2, 0.25) is 0 Å². The summed E-state index contributed by atoms with van der Waals surface area (Å²) in [5, 5.41) is 3.04. The summed E-state index contributed by atoms with van der Waals surface area (Å²) in [6.45, 7) is 6.55. The fourth-order valence-corrected chi connectivity index (χ4v) is 4.47. The third kappa shape index (κ3) is 4.62. The first-order valence-electron chi connectivity index (χ1n) is 11.4. The van der Waals surface area contributed by atoms with Crippen molar-refractivity contribution in [3.63, 3.8) is 0 Å². The maximum Gasteiger partial charge on any atom is 0.241 e. The minimum Gasteiger partial charge on any atom is -0.378 e. The van der Waals surface area contributed by atoms with Gasteiger partial charge in [-0.2, -0.15) is 0 Å². The number of benzene rings is 2. The van der Waals surface area contributed by atoms with E-state index in [0.29, 0.717) is 6.54 Å². The quantitative estimate of drug-likeness (QED) is 0.648. The summed E-state index contributed by atoms with van der Waals surface area (Å²) in [6, 6.07) is 14.1. The van der Waals surface area contributed by atoms with Crippen LogP contribution in [0.5, 0.6) is 0 Å². The molecule has 3 heterocycles. The van der Waals surface area contributed by atoms with Gasteiger partial charge in [0, 0.05) is 55.4 Å². The minimum atomic E-state index is -0.284. The van der Waals surface area contributed by atoms with Crippen molar-refractivity contribution < 1.29 is 13.9 Å². The molecule has 3 aromatic rings. The summed E-state index contributed by atoms with van der Waals surface area (Å²) in [5.41, 5.74) is 4.90. The Morgan fingerprint density at radius 1 is 1.03 bits per heavy atom. The predicted molar refractivity (Wildman–Crippen MR) is 125 cm³/mol. The van der Waals surface area contributed by atoms with Crippen molar-refractivity contribution in [1.29, 1.82) is 0 Å². The van der Waals surface area contributed by atoms with Crippen molar-refractivity contribution in [1.82, 2.24) is 14.5 Å². The van der Waals surface area contributed by atoms with Gasteiger partial charge in [0.1, 0.15) is 5.82 Å². The number of hydrogen-bond acceptors (Lipinski definition) is 5. The predicted octanol–water partition coefficient (Wildman–Crippen LogP) is 3.23. The second-order valence-electron chi connectivity index (χ2n) is 8.52. The summed E-state index contributed by atoms with van der Waals surface area (Å²) in [4.78, 5) is 21.9. The van der Waals surface area contributed by atoms with Crippen LogP contribution in [0.3, 0.4) is 0 Å². The second-order valence-corrected chi connectivity index (χ2v) is 8.52. The molecule has 0 spiro atoms. The molecule has 0 aliphatic carbocycles. The number of fused-ring (bicyclic) bond motifs is 1. The normalized spacial score (nSPS) is 17.5. The zero-order valence-corrected chi connectivity index (χ0v) is 18.7. The number of nitrogens with one attached hydrogen (secondary N) is 1. The molecule has 1 N–H and O–H groups in total. The third-order valence-electron chi connectivity index (χ3n) is 6.48. The molecular weight excluding hydrogens is 421 g/mol. The number of amides is 1. The average Bonchev–Trinajstić information content (AvgIpc) is 3.28. The van der Waals surface area contributed by atoms with Crippen LogP contribution in [0.15, 0.2) is 54.9 Å². The lowest BCUT2D eigenvalue weighted by Gasteiger charge is -2.31. The Labute approximate surface area is 192 Å². The Bertz CT molecular complexity index is 1110. The first kappa shape index (κ1) is 21.6. The van der Waals surface area contributed by atoms with Crippen LogP contribution in [-0.2, 0) is 22.5 Å². The van der Waals surface area contributed by atoms with Crippen LogP contribution in [-0.4, -0.2) is 59.2 Å². The van der Waals surface area contributed by atoms with Gasteiger partial charge in [0.25, 0.3) is 0 Å². The smallest absolute Gasteiger partial charge is 0.241 e. The number of rotatable bonds is 5. The number of imidazole rings is 1. The molecule has 5 rings (SSSR count). The fraction of sp³-hybridized carbons (Fsp3) is 0.360. The van der Waals surface area contributed by atoms with Crippen molar-refractivity contribution in [3.05, 3.63) is 72.1 Å². The molecule has 1 atom stereocenters. The van der Waals surface area contributed by atoms with Crippen molar-refractivity contribution >= 4 is 17.3 Å². The SMILES string of the molecule is C[C@@H](C(=O)Nc1ccc(N2CCOCC2)cc1)N1CCc2c(ncn2-c2ccc(F)cc2)C1. The summed E-state index contributed by atoms with van der Waals surface area (Å²) in [5.74, 6) is -0.287. The highest BCUT2D eigenvalue weighted by Gasteiger charge is 2.28. The van der Waals surface area contributed by atoms with E-state index in [-0.39, 0.29) is 17.8 Å². The Balaban J connectivity index is 1.21. The van der Waals surface area contributed by atoms with E-state index < -0.39 is 0 Å². The van der Waals surface area contributed by atoms with E-state index in [1.807, 2.05) is 35.8 Å². The Morgan fingerprint density at radius 3 is 2.45 bits per heavy atom. The van der Waals surface area contributed by atoms with Crippen molar-refractivity contribution in [2.45, 2.75) is 25.9 Å². The monoisotopic (exact) mass is 449 g/mol. The van der Waals surface area contributed by atoms with Crippen LogP contribution >= 0.6 is 0 Å². The van der Waals surface area contributed by atoms with Crippen molar-refractivity contribution in [2.75, 3.05) is 43.1 Å². The molecule has 7 nitrogen and oxygen atoms in total. The zero-order valence-electron chi connectivity index (χ0n) is 18.7. The highest BCUT2D eigenvalue weighted by Crippen LogP contribution is 2.24. The maximum atomic E-state index is 13.3. The minimum absolute atomic E-state index is 0.0319. The standard InChI is InChI=1S/C25H28FN5O2/c1-18(25(32)28-20-4-8-21(9-5-20)29-12-14-33-15-13-29)30-11-10-24-23(16-30)27-17-31(24)22-6-2-19(26)3-7-22/h2-9,17-18H,10-16H2,1H3,(H,28,32)/t18-/m0/s1. The van der Waals surface area contributed by atoms with Crippen molar-refractivity contribution in [2.24, 2.45) is 0 Å².